The normalized spacial score (nSPS) is 13.8. The molecule has 0 fully saturated rings. The topological polar surface area (TPSA) is 95.5 Å². The van der Waals surface area contributed by atoms with Crippen LogP contribution in [-0.4, -0.2) is 45.9 Å². The second kappa shape index (κ2) is 8.98. The van der Waals surface area contributed by atoms with Gasteiger partial charge in [0.15, 0.2) is 0 Å². The molecular weight excluding hydrogens is 244 g/mol. The van der Waals surface area contributed by atoms with E-state index in [0.717, 1.165) is 0 Å². The van der Waals surface area contributed by atoms with E-state index < -0.39 is 16.8 Å². The van der Waals surface area contributed by atoms with Crippen LogP contribution in [-0.2, 0) is 15.6 Å². The zero-order valence-electron chi connectivity index (χ0n) is 10.2. The largest absolute Gasteiger partial charge is 0.481 e. The predicted molar refractivity (Wildman–Crippen MR) is 66.4 cm³/mol. The van der Waals surface area contributed by atoms with Crippen molar-refractivity contribution in [2.45, 2.75) is 31.4 Å². The zero-order valence-corrected chi connectivity index (χ0v) is 11.0. The van der Waals surface area contributed by atoms with E-state index in [9.17, 15) is 13.8 Å². The molecule has 0 aromatic carbocycles. The molecule has 0 bridgehead atoms. The van der Waals surface area contributed by atoms with Gasteiger partial charge in [0.05, 0.1) is 0 Å². The lowest BCUT2D eigenvalue weighted by molar-refractivity contribution is -0.137. The molecule has 0 saturated carbocycles. The van der Waals surface area contributed by atoms with Gasteiger partial charge in [0, 0.05) is 41.8 Å². The van der Waals surface area contributed by atoms with Crippen molar-refractivity contribution in [2.24, 2.45) is 0 Å². The average molecular weight is 264 g/mol. The van der Waals surface area contributed by atoms with Crippen LogP contribution in [0.15, 0.2) is 0 Å². The van der Waals surface area contributed by atoms with Crippen LogP contribution in [0.1, 0.15) is 26.2 Å². The number of carboxylic acid groups (broad SMARTS) is 1. The van der Waals surface area contributed by atoms with Crippen molar-refractivity contribution in [3.63, 3.8) is 0 Å². The highest BCUT2D eigenvalue weighted by Gasteiger charge is 2.06. The van der Waals surface area contributed by atoms with Crippen LogP contribution in [0.25, 0.3) is 0 Å². The van der Waals surface area contributed by atoms with Gasteiger partial charge in [0.25, 0.3) is 0 Å². The molecule has 2 unspecified atom stereocenters. The van der Waals surface area contributed by atoms with Gasteiger partial charge in [0.1, 0.15) is 0 Å². The third-order valence-electron chi connectivity index (χ3n) is 2.26. The summed E-state index contributed by atoms with van der Waals surface area (Å²) in [4.78, 5) is 21.4. The molecule has 0 aromatic rings. The summed E-state index contributed by atoms with van der Waals surface area (Å²) in [6.07, 6.45) is 2.76. The highest BCUT2D eigenvalue weighted by Crippen LogP contribution is 1.96. The molecule has 3 N–H and O–H groups in total. The third-order valence-corrected chi connectivity index (χ3v) is 3.63. The van der Waals surface area contributed by atoms with Gasteiger partial charge in [0.2, 0.25) is 0 Å². The van der Waals surface area contributed by atoms with E-state index in [1.165, 1.54) is 0 Å². The van der Waals surface area contributed by atoms with Crippen molar-refractivity contribution >= 4 is 22.8 Å². The summed E-state index contributed by atoms with van der Waals surface area (Å²) < 4.78 is 11.0. The molecule has 17 heavy (non-hydrogen) atoms. The third kappa shape index (κ3) is 9.80. The molecular formula is C10H20N2O4S. The van der Waals surface area contributed by atoms with Gasteiger partial charge in [-0.15, -0.1) is 0 Å². The standard InChI is InChI=1S/C10H20N2O4S/c1-8(17(2)16)5-7-12-10(15)11-6-3-4-9(13)14/h8H,3-7H2,1-2H3,(H,13,14)(H2,11,12,15). The summed E-state index contributed by atoms with van der Waals surface area (Å²) in [7, 11) is -0.874. The first-order valence-electron chi connectivity index (χ1n) is 5.49. The van der Waals surface area contributed by atoms with Gasteiger partial charge in [-0.3, -0.25) is 9.00 Å². The lowest BCUT2D eigenvalue weighted by Crippen LogP contribution is -2.37. The Kier molecular flexibility index (Phi) is 8.39. The molecule has 2 amide bonds. The Balaban J connectivity index is 3.47. The van der Waals surface area contributed by atoms with E-state index >= 15 is 0 Å². The molecule has 0 aliphatic carbocycles. The predicted octanol–water partition coefficient (Wildman–Crippen LogP) is 0.308. The maximum absolute atomic E-state index is 11.2. The van der Waals surface area contributed by atoms with Gasteiger partial charge >= 0.3 is 12.0 Å². The van der Waals surface area contributed by atoms with Crippen molar-refractivity contribution in [3.8, 4) is 0 Å². The van der Waals surface area contributed by atoms with Crippen LogP contribution in [0.5, 0.6) is 0 Å². The van der Waals surface area contributed by atoms with Crippen LogP contribution in [0.4, 0.5) is 4.79 Å². The van der Waals surface area contributed by atoms with Crippen LogP contribution in [0, 0.1) is 0 Å². The maximum Gasteiger partial charge on any atom is 0.314 e. The fourth-order valence-electron chi connectivity index (χ4n) is 1.06. The lowest BCUT2D eigenvalue weighted by atomic mass is 10.3. The van der Waals surface area contributed by atoms with Gasteiger partial charge in [-0.1, -0.05) is 6.92 Å². The molecule has 6 nitrogen and oxygen atoms in total. The van der Waals surface area contributed by atoms with Gasteiger partial charge in [-0.25, -0.2) is 4.79 Å². The number of urea groups is 1. The SMILES string of the molecule is CC(CCNC(=O)NCCCC(=O)O)S(C)=O. The number of rotatable bonds is 8. The average Bonchev–Trinajstić information content (AvgIpc) is 2.23. The van der Waals surface area contributed by atoms with E-state index in [4.69, 9.17) is 5.11 Å². The van der Waals surface area contributed by atoms with Gasteiger partial charge < -0.3 is 15.7 Å². The number of hydrogen-bond donors (Lipinski definition) is 3. The zero-order chi connectivity index (χ0) is 13.3. The number of carbonyl (C=O) groups is 2. The van der Waals surface area contributed by atoms with Gasteiger partial charge in [-0.05, 0) is 12.8 Å². The Bertz CT molecular complexity index is 283. The van der Waals surface area contributed by atoms with E-state index in [0.29, 0.717) is 25.9 Å². The Labute approximate surface area is 104 Å². The van der Waals surface area contributed by atoms with Crippen LogP contribution in [0.2, 0.25) is 0 Å². The summed E-state index contributed by atoms with van der Waals surface area (Å²) in [6, 6.07) is -0.315. The van der Waals surface area contributed by atoms with Crippen molar-refractivity contribution < 1.29 is 18.9 Å². The van der Waals surface area contributed by atoms with Crippen molar-refractivity contribution in [2.75, 3.05) is 19.3 Å². The second-order valence-electron chi connectivity index (χ2n) is 3.78. The molecule has 0 spiro atoms. The number of amides is 2. The van der Waals surface area contributed by atoms with Gasteiger partial charge in [-0.2, -0.15) is 0 Å². The van der Waals surface area contributed by atoms with Crippen molar-refractivity contribution in [1.29, 1.82) is 0 Å². The van der Waals surface area contributed by atoms with E-state index in [2.05, 4.69) is 10.6 Å². The molecule has 2 atom stereocenters. The quantitative estimate of drug-likeness (QED) is 0.550. The monoisotopic (exact) mass is 264 g/mol. The minimum atomic E-state index is -0.874. The highest BCUT2D eigenvalue weighted by atomic mass is 32.2. The van der Waals surface area contributed by atoms with Crippen LogP contribution >= 0.6 is 0 Å². The summed E-state index contributed by atoms with van der Waals surface area (Å²) in [5, 5.41) is 13.6. The Morgan fingerprint density at radius 2 is 1.88 bits per heavy atom. The van der Waals surface area contributed by atoms with Crippen LogP contribution < -0.4 is 10.6 Å². The first-order chi connectivity index (χ1) is 7.93. The summed E-state index contributed by atoms with van der Waals surface area (Å²) in [5.74, 6) is -0.869. The molecule has 0 radical (unpaired) electrons. The van der Waals surface area contributed by atoms with E-state index in [-0.39, 0.29) is 17.7 Å². The number of carboxylic acids is 1. The second-order valence-corrected chi connectivity index (χ2v) is 5.58. The molecule has 100 valence electrons. The first-order valence-corrected chi connectivity index (χ1v) is 7.11. The molecule has 7 heteroatoms. The van der Waals surface area contributed by atoms with E-state index in [1.807, 2.05) is 6.92 Å². The number of carbonyl (C=O) groups excluding carboxylic acids is 1. The Hall–Kier alpha value is -1.11. The number of hydrogen-bond acceptors (Lipinski definition) is 3. The Morgan fingerprint density at radius 3 is 2.41 bits per heavy atom. The smallest absolute Gasteiger partial charge is 0.314 e. The molecule has 0 aliphatic heterocycles. The maximum atomic E-state index is 11.2. The Morgan fingerprint density at radius 1 is 1.29 bits per heavy atom. The lowest BCUT2D eigenvalue weighted by Gasteiger charge is -2.10. The fraction of sp³-hybridized carbons (Fsp3) is 0.800. The summed E-state index contributed by atoms with van der Waals surface area (Å²) in [6.45, 7) is 2.67. The minimum absolute atomic E-state index is 0.0477. The number of aliphatic carboxylic acids is 1. The molecule has 0 heterocycles. The molecule has 0 rings (SSSR count). The number of nitrogens with one attached hydrogen (secondary N) is 2. The molecule has 0 saturated heterocycles. The summed E-state index contributed by atoms with van der Waals surface area (Å²) >= 11 is 0. The molecule has 0 aliphatic rings. The highest BCUT2D eigenvalue weighted by molar-refractivity contribution is 7.84. The summed E-state index contributed by atoms with van der Waals surface area (Å²) in [5.41, 5.74) is 0. The van der Waals surface area contributed by atoms with Crippen molar-refractivity contribution in [3.05, 3.63) is 0 Å². The minimum Gasteiger partial charge on any atom is -0.481 e. The fourth-order valence-corrected chi connectivity index (χ4v) is 1.51. The molecule has 0 aromatic heterocycles. The van der Waals surface area contributed by atoms with Crippen LogP contribution in [0.3, 0.4) is 0 Å². The van der Waals surface area contributed by atoms with E-state index in [1.54, 1.807) is 6.26 Å². The first kappa shape index (κ1) is 15.9. The van der Waals surface area contributed by atoms with Crippen molar-refractivity contribution in [1.82, 2.24) is 10.6 Å².